The minimum absolute atomic E-state index is 0.0611. The first-order valence-corrected chi connectivity index (χ1v) is 7.53. The van der Waals surface area contributed by atoms with Crippen molar-refractivity contribution in [2.24, 2.45) is 0 Å². The molecule has 1 aliphatic rings. The van der Waals surface area contributed by atoms with E-state index in [1.54, 1.807) is 0 Å². The molecule has 0 aromatic heterocycles. The van der Waals surface area contributed by atoms with Gasteiger partial charge in [-0.15, -0.1) is 11.8 Å². The molecule has 0 bridgehead atoms. The van der Waals surface area contributed by atoms with E-state index in [0.29, 0.717) is 6.61 Å². The first kappa shape index (κ1) is 15.4. The Balaban J connectivity index is 1.85. The average molecular weight is 308 g/mol. The maximum Gasteiger partial charge on any atom is 0.246 e. The summed E-state index contributed by atoms with van der Waals surface area (Å²) >= 11 is 1.36. The summed E-state index contributed by atoms with van der Waals surface area (Å²) in [4.78, 5) is 36.6. The number of benzene rings is 1. The lowest BCUT2D eigenvalue weighted by Gasteiger charge is -2.25. The molecular formula is C14H16N2O4S. The Morgan fingerprint density at radius 3 is 2.43 bits per heavy atom. The lowest BCUT2D eigenvalue weighted by Crippen LogP contribution is -2.53. The maximum atomic E-state index is 12.0. The number of nitrogens with one attached hydrogen (secondary N) is 1. The van der Waals surface area contributed by atoms with Crippen LogP contribution in [-0.4, -0.2) is 48.1 Å². The van der Waals surface area contributed by atoms with E-state index >= 15 is 0 Å². The molecular weight excluding hydrogens is 292 g/mol. The van der Waals surface area contributed by atoms with E-state index in [1.165, 1.54) is 16.7 Å². The standard InChI is InChI=1S/C14H16N2O4S/c1-2-20-10-3-5-11(6-4-10)21-9-14(19)16-7-12(17)15-13(18)8-16/h3-6H,2,7-9H2,1H3,(H,15,17,18). The van der Waals surface area contributed by atoms with Crippen LogP contribution in [0.3, 0.4) is 0 Å². The molecule has 1 heterocycles. The van der Waals surface area contributed by atoms with Crippen molar-refractivity contribution in [3.63, 3.8) is 0 Å². The molecule has 1 fully saturated rings. The number of thioether (sulfide) groups is 1. The van der Waals surface area contributed by atoms with E-state index < -0.39 is 11.8 Å². The zero-order chi connectivity index (χ0) is 15.2. The Kier molecular flexibility index (Phi) is 5.21. The molecule has 6 nitrogen and oxygen atoms in total. The van der Waals surface area contributed by atoms with Crippen LogP contribution in [-0.2, 0) is 14.4 Å². The van der Waals surface area contributed by atoms with E-state index in [0.717, 1.165) is 10.6 Å². The summed E-state index contributed by atoms with van der Waals surface area (Å²) < 4.78 is 5.34. The van der Waals surface area contributed by atoms with E-state index in [4.69, 9.17) is 4.74 Å². The van der Waals surface area contributed by atoms with Crippen molar-refractivity contribution in [3.8, 4) is 5.75 Å². The second kappa shape index (κ2) is 7.12. The van der Waals surface area contributed by atoms with Crippen molar-refractivity contribution >= 4 is 29.5 Å². The largest absolute Gasteiger partial charge is 0.494 e. The fourth-order valence-electron chi connectivity index (χ4n) is 1.85. The zero-order valence-corrected chi connectivity index (χ0v) is 12.4. The Morgan fingerprint density at radius 1 is 1.24 bits per heavy atom. The van der Waals surface area contributed by atoms with Gasteiger partial charge in [0.25, 0.3) is 0 Å². The number of nitrogens with zero attached hydrogens (tertiary/aromatic N) is 1. The maximum absolute atomic E-state index is 12.0. The van der Waals surface area contributed by atoms with Gasteiger partial charge in [0.15, 0.2) is 0 Å². The van der Waals surface area contributed by atoms with Crippen LogP contribution in [0.15, 0.2) is 29.2 Å². The van der Waals surface area contributed by atoms with Gasteiger partial charge in [-0.3, -0.25) is 19.7 Å². The molecule has 0 saturated carbocycles. The molecule has 1 N–H and O–H groups in total. The Hall–Kier alpha value is -2.02. The summed E-state index contributed by atoms with van der Waals surface area (Å²) in [5.41, 5.74) is 0. The highest BCUT2D eigenvalue weighted by atomic mass is 32.2. The van der Waals surface area contributed by atoms with Crippen LogP contribution in [0.2, 0.25) is 0 Å². The quantitative estimate of drug-likeness (QED) is 0.639. The molecule has 0 radical (unpaired) electrons. The molecule has 1 aromatic rings. The summed E-state index contributed by atoms with van der Waals surface area (Å²) in [6, 6.07) is 7.43. The number of carbonyl (C=O) groups excluding carboxylic acids is 3. The molecule has 21 heavy (non-hydrogen) atoms. The van der Waals surface area contributed by atoms with Crippen molar-refractivity contribution in [2.45, 2.75) is 11.8 Å². The molecule has 112 valence electrons. The van der Waals surface area contributed by atoms with Crippen molar-refractivity contribution in [3.05, 3.63) is 24.3 Å². The molecule has 1 aromatic carbocycles. The number of hydrogen-bond acceptors (Lipinski definition) is 5. The molecule has 2 rings (SSSR count). The minimum atomic E-state index is -0.439. The second-order valence-electron chi connectivity index (χ2n) is 4.41. The minimum Gasteiger partial charge on any atom is -0.494 e. The fraction of sp³-hybridized carbons (Fsp3) is 0.357. The summed E-state index contributed by atoms with van der Waals surface area (Å²) in [6.45, 7) is 2.40. The van der Waals surface area contributed by atoms with E-state index in [9.17, 15) is 14.4 Å². The topological polar surface area (TPSA) is 75.7 Å². The predicted molar refractivity (Wildman–Crippen MR) is 78.1 cm³/mol. The van der Waals surface area contributed by atoms with Crippen LogP contribution in [0.1, 0.15) is 6.92 Å². The smallest absolute Gasteiger partial charge is 0.246 e. The molecule has 0 atom stereocenters. The first-order chi connectivity index (χ1) is 10.1. The zero-order valence-electron chi connectivity index (χ0n) is 11.6. The predicted octanol–water partition coefficient (Wildman–Crippen LogP) is 0.662. The lowest BCUT2D eigenvalue weighted by molar-refractivity contribution is -0.144. The number of hydrogen-bond donors (Lipinski definition) is 1. The number of piperazine rings is 1. The molecule has 1 aliphatic heterocycles. The third-order valence-corrected chi connectivity index (χ3v) is 3.79. The van der Waals surface area contributed by atoms with Gasteiger partial charge in [-0.05, 0) is 31.2 Å². The van der Waals surface area contributed by atoms with Gasteiger partial charge >= 0.3 is 0 Å². The summed E-state index contributed by atoms with van der Waals surface area (Å²) in [6.07, 6.45) is 0. The Bertz CT molecular complexity index is 528. The second-order valence-corrected chi connectivity index (χ2v) is 5.46. The third-order valence-electron chi connectivity index (χ3n) is 2.80. The van der Waals surface area contributed by atoms with Crippen LogP contribution >= 0.6 is 11.8 Å². The first-order valence-electron chi connectivity index (χ1n) is 6.54. The summed E-state index contributed by atoms with van der Waals surface area (Å²) in [7, 11) is 0. The highest BCUT2D eigenvalue weighted by Gasteiger charge is 2.25. The molecule has 7 heteroatoms. The van der Waals surface area contributed by atoms with Crippen molar-refractivity contribution in [2.75, 3.05) is 25.4 Å². The van der Waals surface area contributed by atoms with E-state index in [2.05, 4.69) is 5.32 Å². The van der Waals surface area contributed by atoms with Crippen LogP contribution in [0.5, 0.6) is 5.75 Å². The summed E-state index contributed by atoms with van der Waals surface area (Å²) in [5, 5.41) is 2.16. The van der Waals surface area contributed by atoms with Gasteiger partial charge in [-0.2, -0.15) is 0 Å². The van der Waals surface area contributed by atoms with Gasteiger partial charge in [0.2, 0.25) is 17.7 Å². The monoisotopic (exact) mass is 308 g/mol. The lowest BCUT2D eigenvalue weighted by atomic mass is 10.3. The van der Waals surface area contributed by atoms with Crippen molar-refractivity contribution in [1.29, 1.82) is 0 Å². The number of imide groups is 1. The number of carbonyl (C=O) groups is 3. The molecule has 0 unspecified atom stereocenters. The van der Waals surface area contributed by atoms with Crippen LogP contribution in [0, 0.1) is 0 Å². The Morgan fingerprint density at radius 2 is 1.86 bits per heavy atom. The molecule has 3 amide bonds. The summed E-state index contributed by atoms with van der Waals surface area (Å²) in [5.74, 6) is -0.131. The number of amides is 3. The molecule has 0 aliphatic carbocycles. The third kappa shape index (κ3) is 4.49. The average Bonchev–Trinajstić information content (AvgIpc) is 2.45. The van der Waals surface area contributed by atoms with E-state index in [1.807, 2.05) is 31.2 Å². The SMILES string of the molecule is CCOc1ccc(SCC(=O)N2CC(=O)NC(=O)C2)cc1. The highest BCUT2D eigenvalue weighted by Crippen LogP contribution is 2.21. The van der Waals surface area contributed by atoms with Crippen LogP contribution < -0.4 is 10.1 Å². The van der Waals surface area contributed by atoms with Gasteiger partial charge in [0.1, 0.15) is 18.8 Å². The normalized spacial score (nSPS) is 14.8. The van der Waals surface area contributed by atoms with Gasteiger partial charge in [-0.1, -0.05) is 0 Å². The van der Waals surface area contributed by atoms with Crippen LogP contribution in [0.4, 0.5) is 0 Å². The molecule has 0 spiro atoms. The highest BCUT2D eigenvalue weighted by molar-refractivity contribution is 8.00. The number of ether oxygens (including phenoxy) is 1. The Labute approximate surface area is 126 Å². The van der Waals surface area contributed by atoms with Gasteiger partial charge < -0.3 is 9.64 Å². The molecule has 1 saturated heterocycles. The van der Waals surface area contributed by atoms with Gasteiger partial charge in [0.05, 0.1) is 12.4 Å². The van der Waals surface area contributed by atoms with Crippen molar-refractivity contribution < 1.29 is 19.1 Å². The van der Waals surface area contributed by atoms with Crippen LogP contribution in [0.25, 0.3) is 0 Å². The van der Waals surface area contributed by atoms with Gasteiger partial charge in [0, 0.05) is 4.90 Å². The number of rotatable bonds is 5. The van der Waals surface area contributed by atoms with Crippen molar-refractivity contribution in [1.82, 2.24) is 10.2 Å². The van der Waals surface area contributed by atoms with Gasteiger partial charge in [-0.25, -0.2) is 0 Å². The van der Waals surface area contributed by atoms with E-state index in [-0.39, 0.29) is 24.7 Å². The fourth-order valence-corrected chi connectivity index (χ4v) is 2.65.